The van der Waals surface area contributed by atoms with Crippen molar-refractivity contribution in [3.8, 4) is 6.07 Å². The van der Waals surface area contributed by atoms with Gasteiger partial charge in [-0.25, -0.2) is 14.5 Å². The van der Waals surface area contributed by atoms with Gasteiger partial charge in [-0.2, -0.15) is 18.4 Å². The van der Waals surface area contributed by atoms with Gasteiger partial charge in [0.1, 0.15) is 12.1 Å². The number of carbonyl (C=O) groups excluding carboxylic acids is 3. The van der Waals surface area contributed by atoms with E-state index in [2.05, 4.69) is 5.32 Å². The van der Waals surface area contributed by atoms with Gasteiger partial charge in [-0.1, -0.05) is 11.6 Å². The Bertz CT molecular complexity index is 1370. The molecule has 0 saturated carbocycles. The maximum Gasteiger partial charge on any atom is 0.416 e. The Labute approximate surface area is 208 Å². The number of aryl methyl sites for hydroxylation is 1. The normalized spacial score (nSPS) is 22.8. The van der Waals surface area contributed by atoms with Gasteiger partial charge < -0.3 is 15.1 Å². The predicted molar refractivity (Wildman–Crippen MR) is 124 cm³/mol. The van der Waals surface area contributed by atoms with E-state index in [1.165, 1.54) is 34.9 Å². The van der Waals surface area contributed by atoms with Gasteiger partial charge >= 0.3 is 18.2 Å². The quantitative estimate of drug-likeness (QED) is 0.585. The van der Waals surface area contributed by atoms with Crippen molar-refractivity contribution in [3.63, 3.8) is 0 Å². The topological polar surface area (TPSA) is 96.7 Å². The summed E-state index contributed by atoms with van der Waals surface area (Å²) in [7, 11) is 0. The fraction of sp³-hybridized carbons (Fsp3) is 0.333. The van der Waals surface area contributed by atoms with E-state index < -0.39 is 47.8 Å². The number of nitrogens with one attached hydrogen (secondary N) is 1. The number of halogens is 4. The third kappa shape index (κ3) is 3.55. The zero-order valence-electron chi connectivity index (χ0n) is 19.1. The van der Waals surface area contributed by atoms with Crippen LogP contribution >= 0.6 is 11.6 Å². The van der Waals surface area contributed by atoms with Gasteiger partial charge in [-0.15, -0.1) is 0 Å². The number of benzene rings is 2. The number of rotatable bonds is 2. The summed E-state index contributed by atoms with van der Waals surface area (Å²) in [5.41, 5.74) is 0.322. The minimum atomic E-state index is -4.56. The molecule has 3 saturated heterocycles. The van der Waals surface area contributed by atoms with Crippen molar-refractivity contribution in [2.75, 3.05) is 16.8 Å². The highest BCUT2D eigenvalue weighted by molar-refractivity contribution is 6.33. The van der Waals surface area contributed by atoms with Crippen LogP contribution in [-0.4, -0.2) is 52.4 Å². The number of likely N-dealkylation sites (tertiary alicyclic amines) is 1. The summed E-state index contributed by atoms with van der Waals surface area (Å²) in [5.74, 6) is -0.524. The molecule has 3 heterocycles. The first kappa shape index (κ1) is 23.9. The average Bonchev–Trinajstić information content (AvgIpc) is 3.46. The van der Waals surface area contributed by atoms with Crippen molar-refractivity contribution in [1.29, 1.82) is 5.26 Å². The molecule has 3 fully saturated rings. The minimum Gasteiger partial charge on any atom is -0.317 e. The molecule has 2 aromatic rings. The van der Waals surface area contributed by atoms with Crippen LogP contribution in [0.1, 0.15) is 28.7 Å². The lowest BCUT2D eigenvalue weighted by Crippen LogP contribution is -2.55. The molecule has 2 aromatic carbocycles. The van der Waals surface area contributed by atoms with Crippen LogP contribution in [0.3, 0.4) is 0 Å². The number of piperazine rings is 1. The zero-order chi connectivity index (χ0) is 26.1. The Morgan fingerprint density at radius 3 is 2.58 bits per heavy atom. The second-order valence-corrected chi connectivity index (χ2v) is 9.49. The van der Waals surface area contributed by atoms with Crippen LogP contribution in [0.5, 0.6) is 0 Å². The predicted octanol–water partition coefficient (Wildman–Crippen LogP) is 4.67. The molecule has 3 aliphatic rings. The van der Waals surface area contributed by atoms with Crippen molar-refractivity contribution in [2.24, 2.45) is 0 Å². The molecule has 1 N–H and O–H groups in total. The summed E-state index contributed by atoms with van der Waals surface area (Å²) in [5, 5.41) is 11.8. The molecule has 0 spiro atoms. The van der Waals surface area contributed by atoms with Gasteiger partial charge in [-0.05, 0) is 61.7 Å². The average molecular weight is 518 g/mol. The maximum absolute atomic E-state index is 13.4. The van der Waals surface area contributed by atoms with Gasteiger partial charge in [0.25, 0.3) is 5.91 Å². The molecule has 2 bridgehead atoms. The van der Waals surface area contributed by atoms with Crippen LogP contribution in [0.25, 0.3) is 0 Å². The number of amides is 5. The lowest BCUT2D eigenvalue weighted by molar-refractivity contribution is -0.137. The summed E-state index contributed by atoms with van der Waals surface area (Å²) in [6.45, 7) is 3.24. The summed E-state index contributed by atoms with van der Waals surface area (Å²) >= 11 is 6.24. The fourth-order valence-corrected chi connectivity index (χ4v) is 5.53. The van der Waals surface area contributed by atoms with Crippen LogP contribution in [-0.2, 0) is 11.0 Å². The lowest BCUT2D eigenvalue weighted by atomic mass is 10.1. The van der Waals surface area contributed by atoms with Gasteiger partial charge in [0.2, 0.25) is 0 Å². The maximum atomic E-state index is 13.4. The largest absolute Gasteiger partial charge is 0.416 e. The van der Waals surface area contributed by atoms with Gasteiger partial charge in [-0.3, -0.25) is 4.79 Å². The molecule has 0 radical (unpaired) electrons. The molecule has 0 aliphatic carbocycles. The second kappa shape index (κ2) is 8.13. The van der Waals surface area contributed by atoms with Gasteiger partial charge in [0, 0.05) is 12.2 Å². The van der Waals surface area contributed by atoms with E-state index in [0.717, 1.165) is 17.0 Å². The Kier molecular flexibility index (Phi) is 5.41. The number of urea groups is 2. The first-order chi connectivity index (χ1) is 16.9. The Morgan fingerprint density at radius 2 is 1.92 bits per heavy atom. The molecule has 186 valence electrons. The molecular weight excluding hydrogens is 499 g/mol. The minimum absolute atomic E-state index is 0.00902. The van der Waals surface area contributed by atoms with Crippen LogP contribution in [0, 0.1) is 25.2 Å². The monoisotopic (exact) mass is 517 g/mol. The molecule has 3 aliphatic heterocycles. The molecule has 1 unspecified atom stereocenters. The first-order valence-electron chi connectivity index (χ1n) is 11.0. The number of hydrogen-bond donors (Lipinski definition) is 1. The Balaban J connectivity index is 1.39. The van der Waals surface area contributed by atoms with E-state index in [0.29, 0.717) is 17.5 Å². The van der Waals surface area contributed by atoms with E-state index in [1.807, 2.05) is 6.07 Å². The molecule has 3 atom stereocenters. The van der Waals surface area contributed by atoms with E-state index >= 15 is 0 Å². The van der Waals surface area contributed by atoms with Crippen LogP contribution in [0.4, 0.5) is 34.1 Å². The van der Waals surface area contributed by atoms with E-state index in [9.17, 15) is 32.8 Å². The molecule has 12 heteroatoms. The van der Waals surface area contributed by atoms with E-state index in [1.54, 1.807) is 6.92 Å². The van der Waals surface area contributed by atoms with Crippen molar-refractivity contribution in [1.82, 2.24) is 9.80 Å². The molecular formula is C24H19ClF3N5O3. The second-order valence-electron chi connectivity index (χ2n) is 9.12. The van der Waals surface area contributed by atoms with Crippen LogP contribution in [0.15, 0.2) is 30.3 Å². The lowest BCUT2D eigenvalue weighted by Gasteiger charge is -2.34. The number of imide groups is 1. The van der Waals surface area contributed by atoms with Crippen molar-refractivity contribution in [3.05, 3.63) is 57.6 Å². The van der Waals surface area contributed by atoms with Crippen LogP contribution < -0.4 is 10.2 Å². The molecule has 5 amide bonds. The third-order valence-electron chi connectivity index (χ3n) is 6.90. The third-order valence-corrected chi connectivity index (χ3v) is 7.39. The number of fused-ring (bicyclic) bond motifs is 5. The van der Waals surface area contributed by atoms with Gasteiger partial charge in [0.05, 0.1) is 33.9 Å². The van der Waals surface area contributed by atoms with Crippen molar-refractivity contribution in [2.45, 2.75) is 44.6 Å². The highest BCUT2D eigenvalue weighted by atomic mass is 35.5. The summed E-state index contributed by atoms with van der Waals surface area (Å²) in [6.07, 6.45) is -4.18. The van der Waals surface area contributed by atoms with E-state index in [4.69, 9.17) is 11.6 Å². The smallest absolute Gasteiger partial charge is 0.317 e. The Morgan fingerprint density at radius 1 is 1.19 bits per heavy atom. The summed E-state index contributed by atoms with van der Waals surface area (Å²) < 4.78 is 39.5. The first-order valence-corrected chi connectivity index (χ1v) is 11.4. The van der Waals surface area contributed by atoms with Gasteiger partial charge in [0.15, 0.2) is 0 Å². The molecule has 8 nitrogen and oxygen atoms in total. The fourth-order valence-electron chi connectivity index (χ4n) is 5.33. The van der Waals surface area contributed by atoms with E-state index in [-0.39, 0.29) is 28.5 Å². The summed E-state index contributed by atoms with van der Waals surface area (Å²) in [4.78, 5) is 43.5. The number of hydrogen-bond acceptors (Lipinski definition) is 4. The standard InChI is InChI=1S/C24H19ClF3N5O3/c1-11-5-14(24(26,27)28)7-15(6-11)30-22(35)31-10-16-8-18(31)20-21(34)33(23(36)32(16)20)17-4-3-13(9-29)19(25)12(17)2/h3-7,16,18,20H,8,10H2,1-2H3,(H,30,35)/t16-,18?,20+/m1/s1. The van der Waals surface area contributed by atoms with Crippen LogP contribution in [0.2, 0.25) is 5.02 Å². The zero-order valence-corrected chi connectivity index (χ0v) is 19.8. The number of nitrogens with zero attached hydrogens (tertiary/aromatic N) is 4. The van der Waals surface area contributed by atoms with Crippen molar-refractivity contribution >= 4 is 40.9 Å². The number of anilines is 2. The summed E-state index contributed by atoms with van der Waals surface area (Å²) in [6, 6.07) is 5.01. The SMILES string of the molecule is Cc1cc(NC(=O)N2C[C@H]3CC2[C@H]2C(=O)N(c4ccc(C#N)c(Cl)c4C)C(=O)N32)cc(C(F)(F)F)c1. The molecule has 5 rings (SSSR count). The molecule has 0 aromatic heterocycles. The number of nitriles is 1. The number of carbonyl (C=O) groups is 3. The number of alkyl halides is 3. The highest BCUT2D eigenvalue weighted by Crippen LogP contribution is 2.44. The Hall–Kier alpha value is -3.78. The highest BCUT2D eigenvalue weighted by Gasteiger charge is 2.63. The van der Waals surface area contributed by atoms with Crippen molar-refractivity contribution < 1.29 is 27.6 Å². The molecule has 36 heavy (non-hydrogen) atoms.